The molecular formula is C9H18BrO. The van der Waals surface area contributed by atoms with Crippen molar-refractivity contribution in [3.8, 4) is 0 Å². The van der Waals surface area contributed by atoms with Gasteiger partial charge in [-0.05, 0) is 18.3 Å². The first-order valence-corrected chi connectivity index (χ1v) is 5.45. The lowest BCUT2D eigenvalue weighted by Crippen LogP contribution is -2.18. The maximum Gasteiger partial charge on any atom is 0.0958 e. The third-order valence-corrected chi connectivity index (χ3v) is 3.28. The van der Waals surface area contributed by atoms with E-state index in [-0.39, 0.29) is 6.10 Å². The zero-order valence-corrected chi connectivity index (χ0v) is 9.23. The van der Waals surface area contributed by atoms with Crippen LogP contribution < -0.4 is 0 Å². The third kappa shape index (κ3) is 4.81. The van der Waals surface area contributed by atoms with Gasteiger partial charge in [-0.25, -0.2) is 5.11 Å². The highest BCUT2D eigenvalue weighted by Gasteiger charge is 2.16. The second kappa shape index (κ2) is 6.01. The Labute approximate surface area is 78.3 Å². The second-order valence-electron chi connectivity index (χ2n) is 3.42. The van der Waals surface area contributed by atoms with Gasteiger partial charge in [0.15, 0.2) is 0 Å². The summed E-state index contributed by atoms with van der Waals surface area (Å²) < 4.78 is 0. The Kier molecular flexibility index (Phi) is 6.25. The fourth-order valence-electron chi connectivity index (χ4n) is 0.955. The highest BCUT2D eigenvalue weighted by atomic mass is 79.9. The second-order valence-corrected chi connectivity index (χ2v) is 4.07. The molecule has 0 heterocycles. The van der Waals surface area contributed by atoms with Crippen LogP contribution in [0.3, 0.4) is 0 Å². The number of hydrogen-bond donors (Lipinski definition) is 0. The van der Waals surface area contributed by atoms with Gasteiger partial charge in [0, 0.05) is 5.33 Å². The topological polar surface area (TPSA) is 19.9 Å². The van der Waals surface area contributed by atoms with Gasteiger partial charge in [-0.1, -0.05) is 43.1 Å². The summed E-state index contributed by atoms with van der Waals surface area (Å²) in [7, 11) is 0. The van der Waals surface area contributed by atoms with Crippen molar-refractivity contribution in [1.29, 1.82) is 0 Å². The van der Waals surface area contributed by atoms with Crippen molar-refractivity contribution in [3.05, 3.63) is 0 Å². The first kappa shape index (κ1) is 11.4. The average molecular weight is 222 g/mol. The van der Waals surface area contributed by atoms with Gasteiger partial charge in [0.05, 0.1) is 6.10 Å². The fourth-order valence-corrected chi connectivity index (χ4v) is 1.22. The van der Waals surface area contributed by atoms with E-state index >= 15 is 0 Å². The molecule has 0 aliphatic rings. The van der Waals surface area contributed by atoms with Crippen LogP contribution in [0.5, 0.6) is 0 Å². The Morgan fingerprint density at radius 3 is 2.27 bits per heavy atom. The number of alkyl halides is 1. The first-order chi connectivity index (χ1) is 5.11. The maximum atomic E-state index is 11.4. The lowest BCUT2D eigenvalue weighted by atomic mass is 9.94. The van der Waals surface area contributed by atoms with E-state index in [4.69, 9.17) is 0 Å². The fraction of sp³-hybridized carbons (Fsp3) is 1.00. The monoisotopic (exact) mass is 221 g/mol. The lowest BCUT2D eigenvalue weighted by Gasteiger charge is -2.17. The van der Waals surface area contributed by atoms with Crippen LogP contribution in [0, 0.1) is 11.8 Å². The van der Waals surface area contributed by atoms with E-state index < -0.39 is 0 Å². The molecule has 0 amide bonds. The number of halogens is 1. The smallest absolute Gasteiger partial charge is 0.0958 e. The van der Waals surface area contributed by atoms with Crippen molar-refractivity contribution < 1.29 is 5.11 Å². The van der Waals surface area contributed by atoms with Crippen molar-refractivity contribution >= 4 is 15.9 Å². The molecule has 0 N–H and O–H groups in total. The van der Waals surface area contributed by atoms with Crippen LogP contribution in [0.25, 0.3) is 0 Å². The average Bonchev–Trinajstić information content (AvgIpc) is 2.02. The van der Waals surface area contributed by atoms with Gasteiger partial charge in [0.2, 0.25) is 0 Å². The van der Waals surface area contributed by atoms with E-state index in [1.807, 2.05) is 6.92 Å². The lowest BCUT2D eigenvalue weighted by molar-refractivity contribution is 0.0259. The highest BCUT2D eigenvalue weighted by Crippen LogP contribution is 2.17. The molecule has 2 heteroatoms. The van der Waals surface area contributed by atoms with Gasteiger partial charge in [-0.3, -0.25) is 0 Å². The zero-order chi connectivity index (χ0) is 8.85. The van der Waals surface area contributed by atoms with Crippen molar-refractivity contribution in [1.82, 2.24) is 0 Å². The molecule has 3 atom stereocenters. The van der Waals surface area contributed by atoms with Gasteiger partial charge in [0.25, 0.3) is 0 Å². The molecule has 0 spiro atoms. The van der Waals surface area contributed by atoms with E-state index in [0.717, 1.165) is 18.2 Å². The van der Waals surface area contributed by atoms with Crippen LogP contribution in [-0.4, -0.2) is 11.4 Å². The van der Waals surface area contributed by atoms with E-state index in [9.17, 15) is 5.11 Å². The largest absolute Gasteiger partial charge is 0.233 e. The van der Waals surface area contributed by atoms with Gasteiger partial charge in [0.1, 0.15) is 0 Å². The zero-order valence-electron chi connectivity index (χ0n) is 7.64. The van der Waals surface area contributed by atoms with Gasteiger partial charge in [-0.15, -0.1) is 0 Å². The quantitative estimate of drug-likeness (QED) is 0.636. The molecule has 1 radical (unpaired) electrons. The summed E-state index contributed by atoms with van der Waals surface area (Å²) in [6.45, 7) is 6.23. The van der Waals surface area contributed by atoms with Gasteiger partial charge in [-0.2, -0.15) is 0 Å². The minimum absolute atomic E-state index is 0.330. The Bertz CT molecular complexity index is 95.6. The van der Waals surface area contributed by atoms with E-state index in [0.29, 0.717) is 11.8 Å². The van der Waals surface area contributed by atoms with E-state index in [2.05, 4.69) is 29.8 Å². The van der Waals surface area contributed by atoms with Gasteiger partial charge >= 0.3 is 0 Å². The molecule has 0 aliphatic heterocycles. The van der Waals surface area contributed by atoms with Gasteiger partial charge < -0.3 is 0 Å². The summed E-state index contributed by atoms with van der Waals surface area (Å²) in [4.78, 5) is 0. The standard InChI is InChI=1S/C9H18BrO/c1-4-8(3)9(11)5-7(2)6-10/h7-9H,4-6H2,1-3H3. The Morgan fingerprint density at radius 1 is 1.36 bits per heavy atom. The molecule has 0 aromatic heterocycles. The summed E-state index contributed by atoms with van der Waals surface area (Å²) in [5.41, 5.74) is 0. The van der Waals surface area contributed by atoms with Crippen LogP contribution >= 0.6 is 15.9 Å². The SMILES string of the molecule is CCC(C)C([O])CC(C)CBr. The predicted octanol–water partition coefficient (Wildman–Crippen LogP) is 3.25. The minimum atomic E-state index is -0.368. The van der Waals surface area contributed by atoms with Crippen molar-refractivity contribution in [2.45, 2.75) is 39.7 Å². The summed E-state index contributed by atoms with van der Waals surface area (Å²) >= 11 is 3.38. The number of rotatable bonds is 5. The van der Waals surface area contributed by atoms with Crippen LogP contribution in [0.15, 0.2) is 0 Å². The minimum Gasteiger partial charge on any atom is -0.233 e. The molecule has 0 fully saturated rings. The summed E-state index contributed by atoms with van der Waals surface area (Å²) in [5, 5.41) is 12.4. The van der Waals surface area contributed by atoms with Crippen molar-refractivity contribution in [3.63, 3.8) is 0 Å². The molecule has 0 aromatic rings. The Hall–Kier alpha value is 0.440. The van der Waals surface area contributed by atoms with Crippen LogP contribution in [0.1, 0.15) is 33.6 Å². The van der Waals surface area contributed by atoms with E-state index in [1.54, 1.807) is 0 Å². The third-order valence-electron chi connectivity index (χ3n) is 2.18. The predicted molar refractivity (Wildman–Crippen MR) is 51.5 cm³/mol. The van der Waals surface area contributed by atoms with Crippen molar-refractivity contribution in [2.24, 2.45) is 11.8 Å². The molecule has 0 aromatic carbocycles. The Morgan fingerprint density at radius 2 is 1.91 bits per heavy atom. The normalized spacial score (nSPS) is 19.4. The maximum absolute atomic E-state index is 11.4. The Balaban J connectivity index is 3.58. The molecule has 0 rings (SSSR count). The first-order valence-electron chi connectivity index (χ1n) is 4.33. The summed E-state index contributed by atoms with van der Waals surface area (Å²) in [6.07, 6.45) is 1.44. The van der Waals surface area contributed by atoms with Crippen LogP contribution in [0.2, 0.25) is 0 Å². The van der Waals surface area contributed by atoms with Crippen LogP contribution in [0.4, 0.5) is 0 Å². The highest BCUT2D eigenvalue weighted by molar-refractivity contribution is 9.09. The molecule has 0 aliphatic carbocycles. The molecule has 0 saturated carbocycles. The van der Waals surface area contributed by atoms with Crippen molar-refractivity contribution in [2.75, 3.05) is 5.33 Å². The number of hydrogen-bond acceptors (Lipinski definition) is 0. The molecule has 67 valence electrons. The molecule has 0 saturated heterocycles. The molecular weight excluding hydrogens is 204 g/mol. The van der Waals surface area contributed by atoms with E-state index in [1.165, 1.54) is 0 Å². The summed E-state index contributed by atoms with van der Waals surface area (Å²) in [5.74, 6) is 0.850. The molecule has 0 bridgehead atoms. The molecule has 3 unspecified atom stereocenters. The van der Waals surface area contributed by atoms with Crippen LogP contribution in [-0.2, 0) is 5.11 Å². The molecule has 11 heavy (non-hydrogen) atoms. The molecule has 1 nitrogen and oxygen atoms in total. The summed E-state index contributed by atoms with van der Waals surface area (Å²) in [6, 6.07) is 0.